The van der Waals surface area contributed by atoms with Crippen LogP contribution in [0.15, 0.2) is 18.2 Å². The Morgan fingerprint density at radius 1 is 1.12 bits per heavy atom. The number of carbonyl (C=O) groups excluding carboxylic acids is 1. The Labute approximate surface area is 147 Å². The number of hydrogen-bond acceptors (Lipinski definition) is 3. The van der Waals surface area contributed by atoms with Crippen LogP contribution in [0, 0.1) is 6.92 Å². The summed E-state index contributed by atoms with van der Waals surface area (Å²) in [6, 6.07) is 6.78. The third-order valence-corrected chi connectivity index (χ3v) is 5.00. The van der Waals surface area contributed by atoms with Crippen LogP contribution < -0.4 is 15.5 Å². The van der Waals surface area contributed by atoms with Crippen LogP contribution in [-0.2, 0) is 4.79 Å². The molecule has 0 bridgehead atoms. The zero-order chi connectivity index (χ0) is 17.4. The number of nitrogens with zero attached hydrogens (tertiary/aromatic N) is 1. The lowest BCUT2D eigenvalue weighted by Crippen LogP contribution is -2.38. The average Bonchev–Trinajstić information content (AvgIpc) is 2.84. The number of carbonyl (C=O) groups is 1. The molecular weight excluding hydrogens is 298 g/mol. The lowest BCUT2D eigenvalue weighted by Gasteiger charge is -2.22. The van der Waals surface area contributed by atoms with Gasteiger partial charge in [-0.1, -0.05) is 25.7 Å². The maximum absolute atomic E-state index is 12.2. The normalized spacial score (nSPS) is 15.6. The van der Waals surface area contributed by atoms with Crippen LogP contribution in [0.4, 0.5) is 11.4 Å². The molecule has 0 unspecified atom stereocenters. The van der Waals surface area contributed by atoms with E-state index in [2.05, 4.69) is 54.5 Å². The molecule has 1 aliphatic carbocycles. The Morgan fingerprint density at radius 2 is 1.79 bits per heavy atom. The fourth-order valence-electron chi connectivity index (χ4n) is 3.51. The zero-order valence-corrected chi connectivity index (χ0v) is 15.5. The molecule has 1 fully saturated rings. The smallest absolute Gasteiger partial charge is 0.239 e. The Morgan fingerprint density at radius 3 is 2.38 bits per heavy atom. The monoisotopic (exact) mass is 331 g/mol. The highest BCUT2D eigenvalue weighted by atomic mass is 16.1. The van der Waals surface area contributed by atoms with Gasteiger partial charge in [0.15, 0.2) is 0 Å². The minimum absolute atomic E-state index is 0.106. The molecule has 1 aromatic carbocycles. The van der Waals surface area contributed by atoms with Crippen LogP contribution in [-0.4, -0.2) is 31.6 Å². The summed E-state index contributed by atoms with van der Waals surface area (Å²) >= 11 is 0. The summed E-state index contributed by atoms with van der Waals surface area (Å²) in [6.07, 6.45) is 7.35. The number of hydrogen-bond donors (Lipinski definition) is 2. The predicted octanol–water partition coefficient (Wildman–Crippen LogP) is 4.09. The standard InChI is InChI=1S/C20H33N3O/c1-4-23(5-2)18-12-13-19(16(3)14-18)21-15-20(24)22-17-10-8-6-7-9-11-17/h12-14,17,21H,4-11,15H2,1-3H3,(H,22,24). The predicted molar refractivity (Wildman–Crippen MR) is 103 cm³/mol. The molecule has 4 nitrogen and oxygen atoms in total. The van der Waals surface area contributed by atoms with Crippen molar-refractivity contribution >= 4 is 17.3 Å². The first-order valence-electron chi connectivity index (χ1n) is 9.52. The number of rotatable bonds is 7. The summed E-state index contributed by atoms with van der Waals surface area (Å²) in [6.45, 7) is 8.80. The molecule has 0 radical (unpaired) electrons. The molecule has 0 heterocycles. The highest BCUT2D eigenvalue weighted by Gasteiger charge is 2.14. The maximum Gasteiger partial charge on any atom is 0.239 e. The van der Waals surface area contributed by atoms with Crippen LogP contribution in [0.3, 0.4) is 0 Å². The molecule has 2 N–H and O–H groups in total. The van der Waals surface area contributed by atoms with Crippen LogP contribution in [0.1, 0.15) is 57.9 Å². The van der Waals surface area contributed by atoms with E-state index in [9.17, 15) is 4.79 Å². The molecule has 0 saturated heterocycles. The molecule has 1 amide bonds. The van der Waals surface area contributed by atoms with Gasteiger partial charge in [-0.15, -0.1) is 0 Å². The molecule has 1 aliphatic rings. The van der Waals surface area contributed by atoms with Crippen molar-refractivity contribution in [3.05, 3.63) is 23.8 Å². The molecule has 2 rings (SSSR count). The van der Waals surface area contributed by atoms with Gasteiger partial charge in [0.1, 0.15) is 0 Å². The van der Waals surface area contributed by atoms with Crippen molar-refractivity contribution in [2.24, 2.45) is 0 Å². The topological polar surface area (TPSA) is 44.4 Å². The highest BCUT2D eigenvalue weighted by Crippen LogP contribution is 2.22. The third-order valence-electron chi connectivity index (χ3n) is 5.00. The maximum atomic E-state index is 12.2. The second-order valence-corrected chi connectivity index (χ2v) is 6.78. The van der Waals surface area contributed by atoms with Crippen LogP contribution in [0.25, 0.3) is 0 Å². The van der Waals surface area contributed by atoms with Crippen molar-refractivity contribution in [2.75, 3.05) is 29.9 Å². The third kappa shape index (κ3) is 5.43. The van der Waals surface area contributed by atoms with Gasteiger partial charge < -0.3 is 15.5 Å². The second kappa shape index (κ2) is 9.55. The van der Waals surface area contributed by atoms with E-state index in [-0.39, 0.29) is 5.91 Å². The van der Waals surface area contributed by atoms with Crippen LogP contribution in [0.2, 0.25) is 0 Å². The van der Waals surface area contributed by atoms with Gasteiger partial charge in [0.05, 0.1) is 6.54 Å². The van der Waals surface area contributed by atoms with Gasteiger partial charge in [-0.3, -0.25) is 4.79 Å². The first-order chi connectivity index (χ1) is 11.6. The fraction of sp³-hybridized carbons (Fsp3) is 0.650. The highest BCUT2D eigenvalue weighted by molar-refractivity contribution is 5.81. The van der Waals surface area contributed by atoms with Gasteiger partial charge in [0, 0.05) is 30.5 Å². The molecular formula is C20H33N3O. The second-order valence-electron chi connectivity index (χ2n) is 6.78. The van der Waals surface area contributed by atoms with Gasteiger partial charge in [0.25, 0.3) is 0 Å². The largest absolute Gasteiger partial charge is 0.376 e. The lowest BCUT2D eigenvalue weighted by molar-refractivity contribution is -0.120. The van der Waals surface area contributed by atoms with E-state index in [0.29, 0.717) is 12.6 Å². The number of nitrogens with one attached hydrogen (secondary N) is 2. The van der Waals surface area contributed by atoms with E-state index >= 15 is 0 Å². The molecule has 0 aromatic heterocycles. The van der Waals surface area contributed by atoms with E-state index in [1.807, 2.05) is 0 Å². The van der Waals surface area contributed by atoms with E-state index in [1.165, 1.54) is 36.9 Å². The summed E-state index contributed by atoms with van der Waals surface area (Å²) in [5.74, 6) is 0.106. The van der Waals surface area contributed by atoms with Crippen molar-refractivity contribution in [3.8, 4) is 0 Å². The Balaban J connectivity index is 1.85. The van der Waals surface area contributed by atoms with Gasteiger partial charge in [0.2, 0.25) is 5.91 Å². The van der Waals surface area contributed by atoms with Crippen molar-refractivity contribution in [2.45, 2.75) is 65.3 Å². The molecule has 134 valence electrons. The number of anilines is 2. The summed E-state index contributed by atoms with van der Waals surface area (Å²) in [5, 5.41) is 6.48. The summed E-state index contributed by atoms with van der Waals surface area (Å²) in [7, 11) is 0. The SMILES string of the molecule is CCN(CC)c1ccc(NCC(=O)NC2CCCCCC2)c(C)c1. The van der Waals surface area contributed by atoms with Crippen molar-refractivity contribution < 1.29 is 4.79 Å². The van der Waals surface area contributed by atoms with Gasteiger partial charge >= 0.3 is 0 Å². The molecule has 0 spiro atoms. The first kappa shape index (κ1) is 18.6. The molecule has 1 saturated carbocycles. The van der Waals surface area contributed by atoms with Crippen molar-refractivity contribution in [1.82, 2.24) is 5.32 Å². The molecule has 0 atom stereocenters. The van der Waals surface area contributed by atoms with Crippen LogP contribution in [0.5, 0.6) is 0 Å². The minimum Gasteiger partial charge on any atom is -0.376 e. The average molecular weight is 332 g/mol. The molecule has 0 aliphatic heterocycles. The van der Waals surface area contributed by atoms with Crippen molar-refractivity contribution in [3.63, 3.8) is 0 Å². The zero-order valence-electron chi connectivity index (χ0n) is 15.5. The minimum atomic E-state index is 0.106. The lowest BCUT2D eigenvalue weighted by atomic mass is 10.1. The van der Waals surface area contributed by atoms with E-state index < -0.39 is 0 Å². The Bertz CT molecular complexity index is 518. The van der Waals surface area contributed by atoms with Crippen LogP contribution >= 0.6 is 0 Å². The molecule has 24 heavy (non-hydrogen) atoms. The van der Waals surface area contributed by atoms with Gasteiger partial charge in [-0.2, -0.15) is 0 Å². The first-order valence-corrected chi connectivity index (χ1v) is 9.52. The summed E-state index contributed by atoms with van der Waals surface area (Å²) in [4.78, 5) is 14.5. The van der Waals surface area contributed by atoms with E-state index in [4.69, 9.17) is 0 Å². The van der Waals surface area contributed by atoms with E-state index in [1.54, 1.807) is 0 Å². The fourth-order valence-corrected chi connectivity index (χ4v) is 3.51. The Hall–Kier alpha value is -1.71. The number of aryl methyl sites for hydroxylation is 1. The van der Waals surface area contributed by atoms with Crippen molar-refractivity contribution in [1.29, 1.82) is 0 Å². The summed E-state index contributed by atoms with van der Waals surface area (Å²) in [5.41, 5.74) is 3.47. The van der Waals surface area contributed by atoms with Gasteiger partial charge in [-0.25, -0.2) is 0 Å². The molecule has 1 aromatic rings. The molecule has 4 heteroatoms. The van der Waals surface area contributed by atoms with Gasteiger partial charge in [-0.05, 0) is 57.4 Å². The number of benzene rings is 1. The number of amides is 1. The summed E-state index contributed by atoms with van der Waals surface area (Å²) < 4.78 is 0. The Kier molecular flexibility index (Phi) is 7.41. The van der Waals surface area contributed by atoms with E-state index in [0.717, 1.165) is 31.6 Å². The quantitative estimate of drug-likeness (QED) is 0.740.